The van der Waals surface area contributed by atoms with E-state index < -0.39 is 0 Å². The van der Waals surface area contributed by atoms with Crippen LogP contribution in [0.25, 0.3) is 0 Å². The van der Waals surface area contributed by atoms with Gasteiger partial charge in [-0.2, -0.15) is 0 Å². The number of rotatable bonds is 9. The fourth-order valence-electron chi connectivity index (χ4n) is 4.36. The minimum Gasteiger partial charge on any atom is -0.456 e. The molecule has 33 heavy (non-hydrogen) atoms. The summed E-state index contributed by atoms with van der Waals surface area (Å²) in [6, 6.07) is 22.9. The monoisotopic (exact) mass is 507 g/mol. The largest absolute Gasteiger partial charge is 0.456 e. The van der Waals surface area contributed by atoms with Gasteiger partial charge in [0, 0.05) is 30.0 Å². The molecule has 0 aliphatic heterocycles. The molecule has 3 aromatic carbocycles. The highest BCUT2D eigenvalue weighted by molar-refractivity contribution is 9.10. The minimum absolute atomic E-state index is 0.0323. The molecule has 0 N–H and O–H groups in total. The van der Waals surface area contributed by atoms with Gasteiger partial charge in [-0.15, -0.1) is 0 Å². The lowest BCUT2D eigenvalue weighted by molar-refractivity contribution is -0.153. The third kappa shape index (κ3) is 6.55. The van der Waals surface area contributed by atoms with Crippen LogP contribution in [0, 0.1) is 20.8 Å². The lowest BCUT2D eigenvalue weighted by Gasteiger charge is -2.35. The average Bonchev–Trinajstić information content (AvgIpc) is 2.80. The Morgan fingerprint density at radius 1 is 0.939 bits per heavy atom. The molecule has 0 aromatic heterocycles. The number of benzene rings is 3. The van der Waals surface area contributed by atoms with E-state index >= 15 is 0 Å². The maximum atomic E-state index is 12.4. The molecule has 4 heteroatoms. The van der Waals surface area contributed by atoms with Crippen LogP contribution in [0.4, 0.5) is 0 Å². The lowest BCUT2D eigenvalue weighted by atomic mass is 9.96. The van der Waals surface area contributed by atoms with E-state index in [-0.39, 0.29) is 18.1 Å². The number of esters is 1. The average molecular weight is 509 g/mol. The molecule has 0 fully saturated rings. The standard InChI is InChI=1S/C29H34BrNO2/c1-6-28(32)33-29(24-12-8-7-9-13-24)23(5)31(18-25-14-10-11-15-27(25)30)19-26-21(3)16-20(2)17-22(26)4/h7-17,23,29H,6,18-19H2,1-5H3/t23-,29-/m0/s1. The first-order chi connectivity index (χ1) is 15.8. The number of carbonyl (C=O) groups is 1. The number of hydrogen-bond donors (Lipinski definition) is 0. The smallest absolute Gasteiger partial charge is 0.306 e. The third-order valence-corrected chi connectivity index (χ3v) is 7.00. The molecule has 0 saturated carbocycles. The summed E-state index contributed by atoms with van der Waals surface area (Å²) in [4.78, 5) is 14.8. The van der Waals surface area contributed by atoms with Crippen molar-refractivity contribution in [2.75, 3.05) is 0 Å². The molecule has 0 bridgehead atoms. The number of aryl methyl sites for hydroxylation is 3. The van der Waals surface area contributed by atoms with Crippen molar-refractivity contribution < 1.29 is 9.53 Å². The molecular formula is C29H34BrNO2. The van der Waals surface area contributed by atoms with Crippen LogP contribution in [0.1, 0.15) is 59.8 Å². The second kappa shape index (κ2) is 11.6. The molecule has 0 spiro atoms. The van der Waals surface area contributed by atoms with Gasteiger partial charge in [0.05, 0.1) is 0 Å². The summed E-state index contributed by atoms with van der Waals surface area (Å²) in [5, 5.41) is 0. The highest BCUT2D eigenvalue weighted by Gasteiger charge is 2.29. The number of nitrogens with zero attached hydrogens (tertiary/aromatic N) is 1. The van der Waals surface area contributed by atoms with E-state index in [0.717, 1.165) is 23.1 Å². The SMILES string of the molecule is CCC(=O)O[C@H](c1ccccc1)[C@H](C)N(Cc1ccccc1Br)Cc1c(C)cc(C)cc1C. The maximum Gasteiger partial charge on any atom is 0.306 e. The van der Waals surface area contributed by atoms with Crippen molar-refractivity contribution in [2.45, 2.75) is 66.3 Å². The zero-order valence-electron chi connectivity index (χ0n) is 20.3. The first-order valence-electron chi connectivity index (χ1n) is 11.6. The molecule has 0 heterocycles. The van der Waals surface area contributed by atoms with Crippen molar-refractivity contribution in [1.82, 2.24) is 4.90 Å². The fourth-order valence-corrected chi connectivity index (χ4v) is 4.77. The van der Waals surface area contributed by atoms with Gasteiger partial charge in [0.15, 0.2) is 0 Å². The molecule has 0 aliphatic rings. The Morgan fingerprint density at radius 2 is 1.55 bits per heavy atom. The summed E-state index contributed by atoms with van der Waals surface area (Å²) in [7, 11) is 0. The molecule has 3 rings (SSSR count). The predicted molar refractivity (Wildman–Crippen MR) is 139 cm³/mol. The van der Waals surface area contributed by atoms with Crippen molar-refractivity contribution in [3.63, 3.8) is 0 Å². The number of halogens is 1. The second-order valence-corrected chi connectivity index (χ2v) is 9.64. The molecule has 2 atom stereocenters. The summed E-state index contributed by atoms with van der Waals surface area (Å²) in [6.45, 7) is 12.0. The van der Waals surface area contributed by atoms with Crippen LogP contribution in [0.15, 0.2) is 71.2 Å². The van der Waals surface area contributed by atoms with Crippen LogP contribution in [-0.4, -0.2) is 16.9 Å². The van der Waals surface area contributed by atoms with Gasteiger partial charge in [0.1, 0.15) is 6.10 Å². The van der Waals surface area contributed by atoms with E-state index in [9.17, 15) is 4.79 Å². The Kier molecular flexibility index (Phi) is 8.87. The normalized spacial score (nSPS) is 13.1. The Balaban J connectivity index is 2.02. The van der Waals surface area contributed by atoms with Gasteiger partial charge < -0.3 is 4.74 Å². The lowest BCUT2D eigenvalue weighted by Crippen LogP contribution is -2.39. The van der Waals surface area contributed by atoms with Crippen LogP contribution in [0.5, 0.6) is 0 Å². The second-order valence-electron chi connectivity index (χ2n) is 8.79. The summed E-state index contributed by atoms with van der Waals surface area (Å²) < 4.78 is 7.11. The van der Waals surface area contributed by atoms with E-state index in [2.05, 4.69) is 78.9 Å². The van der Waals surface area contributed by atoms with Gasteiger partial charge in [-0.05, 0) is 61.6 Å². The number of hydrogen-bond acceptors (Lipinski definition) is 3. The van der Waals surface area contributed by atoms with E-state index in [0.29, 0.717) is 6.42 Å². The van der Waals surface area contributed by atoms with Crippen LogP contribution < -0.4 is 0 Å². The number of ether oxygens (including phenoxy) is 1. The van der Waals surface area contributed by atoms with E-state index in [1.165, 1.54) is 27.8 Å². The van der Waals surface area contributed by atoms with Crippen molar-refractivity contribution in [3.8, 4) is 0 Å². The van der Waals surface area contributed by atoms with Crippen molar-refractivity contribution in [2.24, 2.45) is 0 Å². The Bertz CT molecular complexity index is 1060. The molecule has 0 unspecified atom stereocenters. The topological polar surface area (TPSA) is 29.5 Å². The Hall–Kier alpha value is -2.43. The fraction of sp³-hybridized carbons (Fsp3) is 0.345. The van der Waals surface area contributed by atoms with Gasteiger partial charge in [0.2, 0.25) is 0 Å². The molecule has 174 valence electrons. The highest BCUT2D eigenvalue weighted by atomic mass is 79.9. The Morgan fingerprint density at radius 3 is 2.15 bits per heavy atom. The quantitative estimate of drug-likeness (QED) is 0.281. The molecular weight excluding hydrogens is 474 g/mol. The van der Waals surface area contributed by atoms with Crippen molar-refractivity contribution in [3.05, 3.63) is 105 Å². The van der Waals surface area contributed by atoms with Gasteiger partial charge in [-0.1, -0.05) is 89.1 Å². The zero-order chi connectivity index (χ0) is 24.0. The highest BCUT2D eigenvalue weighted by Crippen LogP contribution is 2.30. The minimum atomic E-state index is -0.354. The first-order valence-corrected chi connectivity index (χ1v) is 12.4. The molecule has 3 aromatic rings. The molecule has 0 radical (unpaired) electrons. The van der Waals surface area contributed by atoms with Gasteiger partial charge in [-0.3, -0.25) is 9.69 Å². The van der Waals surface area contributed by atoms with E-state index in [4.69, 9.17) is 4.74 Å². The predicted octanol–water partition coefficient (Wildman–Crippen LogP) is 7.46. The maximum absolute atomic E-state index is 12.4. The Labute approximate surface area is 206 Å². The van der Waals surface area contributed by atoms with Gasteiger partial charge >= 0.3 is 5.97 Å². The van der Waals surface area contributed by atoms with E-state index in [1.807, 2.05) is 43.3 Å². The van der Waals surface area contributed by atoms with Crippen LogP contribution in [0.2, 0.25) is 0 Å². The summed E-state index contributed by atoms with van der Waals surface area (Å²) in [6.07, 6.45) is 0.00316. The van der Waals surface area contributed by atoms with Gasteiger partial charge in [-0.25, -0.2) is 0 Å². The van der Waals surface area contributed by atoms with E-state index in [1.54, 1.807) is 0 Å². The molecule has 3 nitrogen and oxygen atoms in total. The van der Waals surface area contributed by atoms with Crippen LogP contribution in [-0.2, 0) is 22.6 Å². The van der Waals surface area contributed by atoms with Crippen molar-refractivity contribution >= 4 is 21.9 Å². The summed E-state index contributed by atoms with van der Waals surface area (Å²) >= 11 is 3.72. The summed E-state index contributed by atoms with van der Waals surface area (Å²) in [5.41, 5.74) is 7.41. The van der Waals surface area contributed by atoms with Crippen LogP contribution >= 0.6 is 15.9 Å². The molecule has 0 aliphatic carbocycles. The van der Waals surface area contributed by atoms with Gasteiger partial charge in [0.25, 0.3) is 0 Å². The zero-order valence-corrected chi connectivity index (χ0v) is 21.9. The first kappa shape index (κ1) is 25.2. The molecule has 0 saturated heterocycles. The van der Waals surface area contributed by atoms with Crippen LogP contribution in [0.3, 0.4) is 0 Å². The third-order valence-electron chi connectivity index (χ3n) is 6.22. The summed E-state index contributed by atoms with van der Waals surface area (Å²) in [5.74, 6) is -0.181. The number of carbonyl (C=O) groups excluding carboxylic acids is 1. The molecule has 0 amide bonds. The van der Waals surface area contributed by atoms with Crippen molar-refractivity contribution in [1.29, 1.82) is 0 Å².